The van der Waals surface area contributed by atoms with Crippen molar-refractivity contribution in [2.24, 2.45) is 11.7 Å². The summed E-state index contributed by atoms with van der Waals surface area (Å²) >= 11 is 0. The molecule has 0 aromatic rings. The first-order chi connectivity index (χ1) is 4.84. The summed E-state index contributed by atoms with van der Waals surface area (Å²) in [6.45, 7) is -0.343. The van der Waals surface area contributed by atoms with Crippen molar-refractivity contribution in [3.8, 4) is 0 Å². The molecule has 0 amide bonds. The summed E-state index contributed by atoms with van der Waals surface area (Å²) in [7, 11) is 0. The molecule has 0 aromatic carbocycles. The van der Waals surface area contributed by atoms with Crippen molar-refractivity contribution >= 4 is 12.4 Å². The van der Waals surface area contributed by atoms with E-state index in [1.807, 2.05) is 0 Å². The molecule has 11 heavy (non-hydrogen) atoms. The van der Waals surface area contributed by atoms with E-state index in [0.29, 0.717) is 5.92 Å². The van der Waals surface area contributed by atoms with Gasteiger partial charge in [0.15, 0.2) is 0 Å². The zero-order valence-corrected chi connectivity index (χ0v) is 7.58. The molecular weight excluding hydrogens is 165 g/mol. The third-order valence-corrected chi connectivity index (χ3v) is 2.43. The van der Waals surface area contributed by atoms with Gasteiger partial charge >= 0.3 is 0 Å². The maximum Gasteiger partial charge on any atom is 0.105 e. The van der Waals surface area contributed by atoms with Crippen LogP contribution < -0.4 is 5.73 Å². The summed E-state index contributed by atoms with van der Waals surface area (Å²) in [5, 5.41) is 0. The predicted molar refractivity (Wildman–Crippen MR) is 47.8 cm³/mol. The molecule has 0 radical (unpaired) electrons. The zero-order valence-electron chi connectivity index (χ0n) is 6.76. The fourth-order valence-corrected chi connectivity index (χ4v) is 1.69. The standard InChI is InChI=1S/C8H16FN.ClH/c9-6-8(10)7-4-2-1-3-5-7;/h7-8H,1-6,10H2;1H/t8-;/m1./s1. The van der Waals surface area contributed by atoms with Gasteiger partial charge < -0.3 is 5.73 Å². The summed E-state index contributed by atoms with van der Waals surface area (Å²) < 4.78 is 12.0. The van der Waals surface area contributed by atoms with Crippen LogP contribution in [0.15, 0.2) is 0 Å². The van der Waals surface area contributed by atoms with Crippen LogP contribution in [0.25, 0.3) is 0 Å². The van der Waals surface area contributed by atoms with Gasteiger partial charge in [-0.2, -0.15) is 0 Å². The average molecular weight is 182 g/mol. The highest BCUT2D eigenvalue weighted by Crippen LogP contribution is 2.25. The van der Waals surface area contributed by atoms with Gasteiger partial charge in [0.05, 0.1) is 0 Å². The minimum atomic E-state index is -0.343. The molecule has 0 aliphatic heterocycles. The van der Waals surface area contributed by atoms with Gasteiger partial charge in [-0.15, -0.1) is 12.4 Å². The number of nitrogens with two attached hydrogens (primary N) is 1. The first kappa shape index (κ1) is 11.2. The second kappa shape index (κ2) is 5.78. The van der Waals surface area contributed by atoms with Crippen molar-refractivity contribution in [2.45, 2.75) is 38.1 Å². The topological polar surface area (TPSA) is 26.0 Å². The number of alkyl halides is 1. The normalized spacial score (nSPS) is 22.4. The SMILES string of the molecule is Cl.N[C@H](CF)C1CCCCC1. The predicted octanol–water partition coefficient (Wildman–Crippen LogP) is 2.29. The van der Waals surface area contributed by atoms with E-state index in [1.165, 1.54) is 19.3 Å². The first-order valence-electron chi connectivity index (χ1n) is 4.16. The molecule has 0 heterocycles. The summed E-state index contributed by atoms with van der Waals surface area (Å²) in [5.41, 5.74) is 5.57. The Bertz CT molecular complexity index is 94.1. The van der Waals surface area contributed by atoms with Gasteiger partial charge in [0, 0.05) is 6.04 Å². The van der Waals surface area contributed by atoms with E-state index in [-0.39, 0.29) is 25.1 Å². The molecule has 2 N–H and O–H groups in total. The molecule has 1 saturated carbocycles. The highest BCUT2D eigenvalue weighted by atomic mass is 35.5. The molecule has 1 fully saturated rings. The molecule has 1 aliphatic rings. The van der Waals surface area contributed by atoms with Crippen molar-refractivity contribution < 1.29 is 4.39 Å². The van der Waals surface area contributed by atoms with Gasteiger partial charge in [-0.25, -0.2) is 4.39 Å². The Morgan fingerprint density at radius 2 is 1.82 bits per heavy atom. The van der Waals surface area contributed by atoms with Crippen LogP contribution in [0.3, 0.4) is 0 Å². The molecule has 68 valence electrons. The van der Waals surface area contributed by atoms with E-state index in [1.54, 1.807) is 0 Å². The average Bonchev–Trinajstić information content (AvgIpc) is 2.05. The number of halogens is 2. The lowest BCUT2D eigenvalue weighted by Crippen LogP contribution is -2.33. The third-order valence-electron chi connectivity index (χ3n) is 2.43. The second-order valence-corrected chi connectivity index (χ2v) is 3.22. The maximum absolute atomic E-state index is 12.0. The van der Waals surface area contributed by atoms with Crippen molar-refractivity contribution in [2.75, 3.05) is 6.67 Å². The van der Waals surface area contributed by atoms with Crippen LogP contribution in [0.2, 0.25) is 0 Å². The molecule has 0 spiro atoms. The third kappa shape index (κ3) is 3.39. The lowest BCUT2D eigenvalue weighted by molar-refractivity contribution is 0.265. The Kier molecular flexibility index (Phi) is 5.88. The Hall–Kier alpha value is 0.180. The summed E-state index contributed by atoms with van der Waals surface area (Å²) in [6.07, 6.45) is 6.10. The van der Waals surface area contributed by atoms with E-state index < -0.39 is 0 Å². The first-order valence-corrected chi connectivity index (χ1v) is 4.16. The highest BCUT2D eigenvalue weighted by Gasteiger charge is 2.19. The van der Waals surface area contributed by atoms with E-state index in [4.69, 9.17) is 5.73 Å². The van der Waals surface area contributed by atoms with Crippen molar-refractivity contribution in [3.63, 3.8) is 0 Å². The van der Waals surface area contributed by atoms with Gasteiger partial charge in [0.1, 0.15) is 6.67 Å². The molecule has 0 unspecified atom stereocenters. The Balaban J connectivity index is 0.000001000. The van der Waals surface area contributed by atoms with E-state index >= 15 is 0 Å². The highest BCUT2D eigenvalue weighted by molar-refractivity contribution is 5.85. The summed E-state index contributed by atoms with van der Waals surface area (Å²) in [6, 6.07) is -0.180. The molecular formula is C8H17ClFN. The fraction of sp³-hybridized carbons (Fsp3) is 1.00. The Morgan fingerprint density at radius 3 is 2.27 bits per heavy atom. The number of hydrogen-bond acceptors (Lipinski definition) is 1. The quantitative estimate of drug-likeness (QED) is 0.695. The van der Waals surface area contributed by atoms with Crippen molar-refractivity contribution in [3.05, 3.63) is 0 Å². The van der Waals surface area contributed by atoms with Crippen LogP contribution >= 0.6 is 12.4 Å². The van der Waals surface area contributed by atoms with E-state index in [2.05, 4.69) is 0 Å². The number of rotatable bonds is 2. The second-order valence-electron chi connectivity index (χ2n) is 3.22. The van der Waals surface area contributed by atoms with Crippen LogP contribution in [0.5, 0.6) is 0 Å². The van der Waals surface area contributed by atoms with Crippen LogP contribution in [-0.4, -0.2) is 12.7 Å². The van der Waals surface area contributed by atoms with Gasteiger partial charge in [0.2, 0.25) is 0 Å². The molecule has 0 saturated heterocycles. The minimum Gasteiger partial charge on any atom is -0.325 e. The largest absolute Gasteiger partial charge is 0.325 e. The van der Waals surface area contributed by atoms with Gasteiger partial charge in [-0.05, 0) is 18.8 Å². The van der Waals surface area contributed by atoms with Crippen LogP contribution in [0.1, 0.15) is 32.1 Å². The lowest BCUT2D eigenvalue weighted by atomic mass is 9.85. The molecule has 1 aliphatic carbocycles. The smallest absolute Gasteiger partial charge is 0.105 e. The van der Waals surface area contributed by atoms with Crippen molar-refractivity contribution in [1.82, 2.24) is 0 Å². The molecule has 0 bridgehead atoms. The molecule has 1 atom stereocenters. The molecule has 1 rings (SSSR count). The van der Waals surface area contributed by atoms with Crippen LogP contribution in [0.4, 0.5) is 4.39 Å². The fourth-order valence-electron chi connectivity index (χ4n) is 1.69. The van der Waals surface area contributed by atoms with Crippen molar-refractivity contribution in [1.29, 1.82) is 0 Å². The lowest BCUT2D eigenvalue weighted by Gasteiger charge is -2.25. The Labute approximate surface area is 73.9 Å². The van der Waals surface area contributed by atoms with E-state index in [0.717, 1.165) is 12.8 Å². The van der Waals surface area contributed by atoms with E-state index in [9.17, 15) is 4.39 Å². The van der Waals surface area contributed by atoms with Gasteiger partial charge in [-0.3, -0.25) is 0 Å². The zero-order chi connectivity index (χ0) is 7.40. The molecule has 3 heteroatoms. The van der Waals surface area contributed by atoms with Gasteiger partial charge in [0.25, 0.3) is 0 Å². The van der Waals surface area contributed by atoms with Gasteiger partial charge in [-0.1, -0.05) is 19.3 Å². The molecule has 1 nitrogen and oxygen atoms in total. The number of hydrogen-bond donors (Lipinski definition) is 1. The minimum absolute atomic E-state index is 0. The van der Waals surface area contributed by atoms with Crippen LogP contribution in [-0.2, 0) is 0 Å². The summed E-state index contributed by atoms with van der Waals surface area (Å²) in [4.78, 5) is 0. The summed E-state index contributed by atoms with van der Waals surface area (Å²) in [5.74, 6) is 0.471. The maximum atomic E-state index is 12.0. The Morgan fingerprint density at radius 1 is 1.27 bits per heavy atom. The van der Waals surface area contributed by atoms with Crippen LogP contribution in [0, 0.1) is 5.92 Å². The molecule has 0 aromatic heterocycles. The monoisotopic (exact) mass is 181 g/mol.